The number of hydrogen-bond acceptors (Lipinski definition) is 7. The Bertz CT molecular complexity index is 857. The van der Waals surface area contributed by atoms with Crippen LogP contribution in [0.15, 0.2) is 18.2 Å². The fourth-order valence-corrected chi connectivity index (χ4v) is 3.14. The van der Waals surface area contributed by atoms with E-state index in [1.165, 1.54) is 19.1 Å². The van der Waals surface area contributed by atoms with E-state index in [9.17, 15) is 25.0 Å². The van der Waals surface area contributed by atoms with E-state index in [4.69, 9.17) is 4.74 Å². The van der Waals surface area contributed by atoms with Crippen molar-refractivity contribution in [2.75, 3.05) is 18.0 Å². The lowest BCUT2D eigenvalue weighted by molar-refractivity contribution is -0.384. The zero-order valence-electron chi connectivity index (χ0n) is 17.8. The monoisotopic (exact) mass is 416 g/mol. The SMILES string of the molecule is CC(C)[C@@](C)(C#N)NC(=O)[C@H](C)OC(=O)c1ccc(N2CCCCC2)c([N+](=O)[O-])c1. The lowest BCUT2D eigenvalue weighted by Gasteiger charge is -2.29. The normalized spacial score (nSPS) is 16.9. The van der Waals surface area contributed by atoms with Crippen LogP contribution in [0, 0.1) is 27.4 Å². The number of nitriles is 1. The third-order valence-corrected chi connectivity index (χ3v) is 5.53. The van der Waals surface area contributed by atoms with Crippen molar-refractivity contribution in [3.05, 3.63) is 33.9 Å². The van der Waals surface area contributed by atoms with Gasteiger partial charge in [-0.2, -0.15) is 5.26 Å². The fourth-order valence-electron chi connectivity index (χ4n) is 3.14. The minimum Gasteiger partial charge on any atom is -0.449 e. The van der Waals surface area contributed by atoms with Crippen molar-refractivity contribution in [1.82, 2.24) is 5.32 Å². The second kappa shape index (κ2) is 9.57. The number of carbonyl (C=O) groups excluding carboxylic acids is 2. The molecule has 1 N–H and O–H groups in total. The molecule has 0 aromatic heterocycles. The Morgan fingerprint density at radius 1 is 1.27 bits per heavy atom. The first-order valence-corrected chi connectivity index (χ1v) is 10.1. The lowest BCUT2D eigenvalue weighted by Crippen LogP contribution is -2.52. The molecule has 162 valence electrons. The number of piperidine rings is 1. The quantitative estimate of drug-likeness (QED) is 0.411. The summed E-state index contributed by atoms with van der Waals surface area (Å²) in [6, 6.07) is 6.26. The molecule has 0 aliphatic carbocycles. The van der Waals surface area contributed by atoms with Gasteiger partial charge >= 0.3 is 5.97 Å². The van der Waals surface area contributed by atoms with E-state index in [0.29, 0.717) is 5.69 Å². The summed E-state index contributed by atoms with van der Waals surface area (Å²) in [7, 11) is 0. The topological polar surface area (TPSA) is 126 Å². The van der Waals surface area contributed by atoms with E-state index in [-0.39, 0.29) is 17.2 Å². The van der Waals surface area contributed by atoms with Gasteiger partial charge in [0, 0.05) is 19.2 Å². The number of ether oxygens (including phenoxy) is 1. The van der Waals surface area contributed by atoms with Gasteiger partial charge in [0.1, 0.15) is 11.2 Å². The molecule has 0 saturated carbocycles. The average molecular weight is 416 g/mol. The van der Waals surface area contributed by atoms with E-state index in [2.05, 4.69) is 11.4 Å². The van der Waals surface area contributed by atoms with Crippen LogP contribution >= 0.6 is 0 Å². The number of carbonyl (C=O) groups is 2. The average Bonchev–Trinajstić information content (AvgIpc) is 2.73. The maximum absolute atomic E-state index is 12.5. The number of nitro benzene ring substituents is 1. The summed E-state index contributed by atoms with van der Waals surface area (Å²) in [4.78, 5) is 37.8. The van der Waals surface area contributed by atoms with Crippen LogP contribution in [0.3, 0.4) is 0 Å². The zero-order valence-corrected chi connectivity index (χ0v) is 17.8. The standard InChI is InChI=1S/C21H28N4O5/c1-14(2)21(4,13-22)23-19(26)15(3)30-20(27)16-8-9-17(18(12-16)25(28)29)24-10-6-5-7-11-24/h8-9,12,14-15H,5-7,10-11H2,1-4H3,(H,23,26)/t15-,21+/m0/s1. The molecule has 1 amide bonds. The molecule has 1 fully saturated rings. The second-order valence-electron chi connectivity index (χ2n) is 8.01. The summed E-state index contributed by atoms with van der Waals surface area (Å²) in [6.07, 6.45) is 1.86. The molecule has 2 atom stereocenters. The number of benzene rings is 1. The number of amides is 1. The van der Waals surface area contributed by atoms with Gasteiger partial charge in [-0.1, -0.05) is 13.8 Å². The van der Waals surface area contributed by atoms with Gasteiger partial charge in [0.15, 0.2) is 6.10 Å². The minimum absolute atomic E-state index is 0.00554. The van der Waals surface area contributed by atoms with Crippen LogP contribution in [0.2, 0.25) is 0 Å². The van der Waals surface area contributed by atoms with Crippen molar-refractivity contribution in [3.63, 3.8) is 0 Å². The third kappa shape index (κ3) is 5.26. The van der Waals surface area contributed by atoms with Crippen LogP contribution in [0.5, 0.6) is 0 Å². The van der Waals surface area contributed by atoms with Crippen LogP contribution in [0.1, 0.15) is 57.3 Å². The largest absolute Gasteiger partial charge is 0.449 e. The maximum atomic E-state index is 12.5. The van der Waals surface area contributed by atoms with Crippen molar-refractivity contribution in [1.29, 1.82) is 5.26 Å². The lowest BCUT2D eigenvalue weighted by atomic mass is 9.90. The molecule has 1 saturated heterocycles. The Labute approximate surface area is 176 Å². The Morgan fingerprint density at radius 3 is 2.43 bits per heavy atom. The number of hydrogen-bond donors (Lipinski definition) is 1. The highest BCUT2D eigenvalue weighted by Crippen LogP contribution is 2.31. The van der Waals surface area contributed by atoms with Crippen molar-refractivity contribution in [2.45, 2.75) is 58.6 Å². The maximum Gasteiger partial charge on any atom is 0.339 e. The third-order valence-electron chi connectivity index (χ3n) is 5.53. The van der Waals surface area contributed by atoms with E-state index in [1.54, 1.807) is 26.8 Å². The predicted molar refractivity (Wildman–Crippen MR) is 111 cm³/mol. The number of anilines is 1. The number of esters is 1. The first-order valence-electron chi connectivity index (χ1n) is 10.1. The summed E-state index contributed by atoms with van der Waals surface area (Å²) in [5, 5.41) is 23.5. The molecular weight excluding hydrogens is 388 g/mol. The van der Waals surface area contributed by atoms with Crippen LogP contribution in [0.25, 0.3) is 0 Å². The van der Waals surface area contributed by atoms with Crippen LogP contribution < -0.4 is 10.2 Å². The Kier molecular flexibility index (Phi) is 7.38. The van der Waals surface area contributed by atoms with Crippen LogP contribution in [-0.4, -0.2) is 41.5 Å². The van der Waals surface area contributed by atoms with Crippen molar-refractivity contribution < 1.29 is 19.2 Å². The highest BCUT2D eigenvalue weighted by molar-refractivity contribution is 5.94. The van der Waals surface area contributed by atoms with E-state index in [0.717, 1.165) is 32.4 Å². The molecule has 0 radical (unpaired) electrons. The summed E-state index contributed by atoms with van der Waals surface area (Å²) in [5.41, 5.74) is -0.801. The summed E-state index contributed by atoms with van der Waals surface area (Å²) in [5.74, 6) is -1.60. The molecular formula is C21H28N4O5. The minimum atomic E-state index is -1.16. The molecule has 1 aromatic carbocycles. The van der Waals surface area contributed by atoms with Gasteiger partial charge in [-0.25, -0.2) is 4.79 Å². The molecule has 30 heavy (non-hydrogen) atoms. The molecule has 1 aliphatic rings. The van der Waals surface area contributed by atoms with Gasteiger partial charge < -0.3 is 15.0 Å². The molecule has 0 unspecified atom stereocenters. The Hall–Kier alpha value is -3.15. The van der Waals surface area contributed by atoms with E-state index < -0.39 is 28.4 Å². The van der Waals surface area contributed by atoms with Crippen molar-refractivity contribution in [2.24, 2.45) is 5.92 Å². The highest BCUT2D eigenvalue weighted by Gasteiger charge is 2.33. The van der Waals surface area contributed by atoms with Crippen molar-refractivity contribution in [3.8, 4) is 6.07 Å². The smallest absolute Gasteiger partial charge is 0.339 e. The second-order valence-corrected chi connectivity index (χ2v) is 8.01. The zero-order chi connectivity index (χ0) is 22.5. The van der Waals surface area contributed by atoms with Crippen LogP contribution in [0.4, 0.5) is 11.4 Å². The van der Waals surface area contributed by atoms with Gasteiger partial charge in [0.2, 0.25) is 0 Å². The molecule has 1 heterocycles. The van der Waals surface area contributed by atoms with Crippen molar-refractivity contribution >= 4 is 23.3 Å². The number of nitrogens with one attached hydrogen (secondary N) is 1. The number of nitrogens with zero attached hydrogens (tertiary/aromatic N) is 3. The van der Waals surface area contributed by atoms with Gasteiger partial charge in [0.05, 0.1) is 16.6 Å². The van der Waals surface area contributed by atoms with E-state index in [1.807, 2.05) is 4.90 Å². The highest BCUT2D eigenvalue weighted by atomic mass is 16.6. The molecule has 1 aromatic rings. The summed E-state index contributed by atoms with van der Waals surface area (Å²) < 4.78 is 5.19. The molecule has 9 heteroatoms. The molecule has 1 aliphatic heterocycles. The molecule has 0 bridgehead atoms. The summed E-state index contributed by atoms with van der Waals surface area (Å²) >= 11 is 0. The Balaban J connectivity index is 2.14. The first kappa shape index (κ1) is 23.1. The van der Waals surface area contributed by atoms with Crippen LogP contribution in [-0.2, 0) is 9.53 Å². The molecule has 2 rings (SSSR count). The summed E-state index contributed by atoms with van der Waals surface area (Å²) in [6.45, 7) is 8.03. The molecule has 0 spiro atoms. The van der Waals surface area contributed by atoms with Gasteiger partial charge in [-0.15, -0.1) is 0 Å². The Morgan fingerprint density at radius 2 is 1.90 bits per heavy atom. The van der Waals surface area contributed by atoms with Gasteiger partial charge in [-0.3, -0.25) is 14.9 Å². The van der Waals surface area contributed by atoms with E-state index >= 15 is 0 Å². The number of rotatable bonds is 7. The first-order chi connectivity index (χ1) is 14.1. The van der Waals surface area contributed by atoms with Gasteiger partial charge in [-0.05, 0) is 51.2 Å². The fraction of sp³-hybridized carbons (Fsp3) is 0.571. The van der Waals surface area contributed by atoms with Gasteiger partial charge in [0.25, 0.3) is 11.6 Å². The molecule has 9 nitrogen and oxygen atoms in total. The number of nitro groups is 1. The predicted octanol–water partition coefficient (Wildman–Crippen LogP) is 3.18.